The highest BCUT2D eigenvalue weighted by molar-refractivity contribution is 9.10. The van der Waals surface area contributed by atoms with Gasteiger partial charge in [-0.15, -0.1) is 0 Å². The lowest BCUT2D eigenvalue weighted by molar-refractivity contribution is -0.394. The first-order valence-electron chi connectivity index (χ1n) is 15.4. The first-order chi connectivity index (χ1) is 22.1. The zero-order chi connectivity index (χ0) is 34.4. The molecule has 0 aromatic heterocycles. The van der Waals surface area contributed by atoms with Crippen LogP contribution in [-0.4, -0.2) is 53.2 Å². The molecule has 13 heteroatoms. The predicted octanol–water partition coefficient (Wildman–Crippen LogP) is 7.79. The van der Waals surface area contributed by atoms with E-state index in [4.69, 9.17) is 14.2 Å². The Morgan fingerprint density at radius 1 is 0.894 bits per heavy atom. The maximum Gasteiger partial charge on any atom is 0.318 e. The molecule has 12 nitrogen and oxygen atoms in total. The lowest BCUT2D eigenvalue weighted by Gasteiger charge is -2.49. The van der Waals surface area contributed by atoms with Crippen LogP contribution >= 0.6 is 15.9 Å². The molecule has 3 aliphatic rings. The molecule has 0 atom stereocenters. The average molecular weight is 713 g/mol. The third-order valence-corrected chi connectivity index (χ3v) is 9.36. The monoisotopic (exact) mass is 711 g/mol. The van der Waals surface area contributed by atoms with Crippen LogP contribution in [0.25, 0.3) is 0 Å². The molecule has 2 aromatic carbocycles. The van der Waals surface area contributed by atoms with E-state index < -0.39 is 27.1 Å². The van der Waals surface area contributed by atoms with Gasteiger partial charge in [-0.2, -0.15) is 0 Å². The fraction of sp³-hybridized carbons (Fsp3) is 0.471. The van der Waals surface area contributed by atoms with Crippen molar-refractivity contribution >= 4 is 38.9 Å². The van der Waals surface area contributed by atoms with Gasteiger partial charge in [-0.25, -0.2) is 0 Å². The molecule has 47 heavy (non-hydrogen) atoms. The van der Waals surface area contributed by atoms with Crippen molar-refractivity contribution < 1.29 is 33.6 Å². The molecule has 1 aliphatic heterocycles. The number of rotatable bonds is 10. The Bertz CT molecular complexity index is 1690. The van der Waals surface area contributed by atoms with E-state index in [2.05, 4.69) is 48.5 Å². The molecule has 1 heterocycles. The maximum atomic E-state index is 14.1. The zero-order valence-electron chi connectivity index (χ0n) is 27.3. The number of ketones is 2. The summed E-state index contributed by atoms with van der Waals surface area (Å²) in [6.07, 6.45) is 1.94. The Balaban J connectivity index is 1.71. The number of non-ortho nitro benzene ring substituents is 1. The minimum absolute atomic E-state index is 0.0243. The molecule has 0 N–H and O–H groups in total. The maximum absolute atomic E-state index is 14.1. The van der Waals surface area contributed by atoms with Crippen molar-refractivity contribution in [3.8, 4) is 17.2 Å². The third-order valence-electron chi connectivity index (χ3n) is 8.77. The van der Waals surface area contributed by atoms with Crippen LogP contribution < -0.4 is 9.47 Å². The number of halogens is 1. The summed E-state index contributed by atoms with van der Waals surface area (Å²) < 4.78 is 17.8. The molecule has 0 radical (unpaired) electrons. The van der Waals surface area contributed by atoms with Crippen LogP contribution in [0.2, 0.25) is 0 Å². The second-order valence-electron chi connectivity index (χ2n) is 13.7. The lowest BCUT2D eigenvalue weighted by Crippen LogP contribution is -2.45. The molecule has 0 fully saturated rings. The summed E-state index contributed by atoms with van der Waals surface area (Å²) in [7, 11) is 1.63. The minimum Gasteiger partial charge on any atom is -0.490 e. The van der Waals surface area contributed by atoms with E-state index in [0.29, 0.717) is 60.0 Å². The molecule has 0 saturated heterocycles. The molecular weight excluding hydrogens is 674 g/mol. The fourth-order valence-corrected chi connectivity index (χ4v) is 7.45. The van der Waals surface area contributed by atoms with Gasteiger partial charge in [0.05, 0.1) is 33.6 Å². The largest absolute Gasteiger partial charge is 0.490 e. The Kier molecular flexibility index (Phi) is 9.35. The SMILES string of the molecule is CCOc1cc(C2C3=C(CC(C)(C)CC3=O)N(CCOC)C3=C2C(=O)CC(C)(C)C3)cc(Br)c1Oc1ccc([N+](=O)[O-])cc1[N+](=O)[O-]. The van der Waals surface area contributed by atoms with E-state index in [1.807, 2.05) is 0 Å². The van der Waals surface area contributed by atoms with E-state index in [0.717, 1.165) is 23.5 Å². The number of nitro benzene ring substituents is 2. The Morgan fingerprint density at radius 2 is 1.49 bits per heavy atom. The highest BCUT2D eigenvalue weighted by Crippen LogP contribution is 2.56. The van der Waals surface area contributed by atoms with Gasteiger partial charge in [-0.05, 0) is 70.3 Å². The summed E-state index contributed by atoms with van der Waals surface area (Å²) in [6.45, 7) is 11.2. The highest BCUT2D eigenvalue weighted by Gasteiger charge is 2.49. The lowest BCUT2D eigenvalue weighted by atomic mass is 9.63. The summed E-state index contributed by atoms with van der Waals surface area (Å²) >= 11 is 3.57. The van der Waals surface area contributed by atoms with E-state index in [9.17, 15) is 29.8 Å². The number of ether oxygens (including phenoxy) is 3. The Labute approximate surface area is 281 Å². The number of nitro groups is 2. The summed E-state index contributed by atoms with van der Waals surface area (Å²) in [4.78, 5) is 52.0. The van der Waals surface area contributed by atoms with E-state index in [1.165, 1.54) is 6.07 Å². The van der Waals surface area contributed by atoms with Gasteiger partial charge in [0.1, 0.15) is 0 Å². The highest BCUT2D eigenvalue weighted by atomic mass is 79.9. The molecule has 2 aliphatic carbocycles. The second-order valence-corrected chi connectivity index (χ2v) is 14.6. The van der Waals surface area contributed by atoms with Gasteiger partial charge in [-0.1, -0.05) is 27.7 Å². The van der Waals surface area contributed by atoms with Crippen molar-refractivity contribution in [1.82, 2.24) is 4.90 Å². The number of hydrogen-bond acceptors (Lipinski definition) is 10. The second kappa shape index (κ2) is 12.8. The van der Waals surface area contributed by atoms with Crippen LogP contribution in [0.1, 0.15) is 71.8 Å². The summed E-state index contributed by atoms with van der Waals surface area (Å²) in [5.74, 6) is -0.592. The molecule has 0 bridgehead atoms. The smallest absolute Gasteiger partial charge is 0.318 e. The number of allylic oxidation sites excluding steroid dienone is 4. The number of carbonyl (C=O) groups excluding carboxylic acids is 2. The third kappa shape index (κ3) is 6.68. The van der Waals surface area contributed by atoms with Gasteiger partial charge in [0.25, 0.3) is 5.69 Å². The first kappa shape index (κ1) is 34.2. The minimum atomic E-state index is -0.753. The Hall–Kier alpha value is -4.10. The number of nitrogens with zero attached hydrogens (tertiary/aromatic N) is 3. The molecule has 0 spiro atoms. The van der Waals surface area contributed by atoms with Gasteiger partial charge >= 0.3 is 5.69 Å². The Morgan fingerprint density at radius 3 is 2.00 bits per heavy atom. The molecule has 250 valence electrons. The van der Waals surface area contributed by atoms with Crippen LogP contribution in [0.4, 0.5) is 11.4 Å². The van der Waals surface area contributed by atoms with Crippen molar-refractivity contribution in [2.75, 3.05) is 26.9 Å². The molecule has 0 amide bonds. The van der Waals surface area contributed by atoms with Crippen molar-refractivity contribution in [1.29, 1.82) is 0 Å². The van der Waals surface area contributed by atoms with Gasteiger partial charge in [0.2, 0.25) is 5.75 Å². The summed E-state index contributed by atoms with van der Waals surface area (Å²) in [6, 6.07) is 6.59. The number of hydrogen-bond donors (Lipinski definition) is 0. The fourth-order valence-electron chi connectivity index (χ4n) is 6.91. The van der Waals surface area contributed by atoms with Crippen LogP contribution in [0.5, 0.6) is 17.2 Å². The standard InChI is InChI=1S/C34H38BrN3O9/c1-7-46-28-13-19(12-21(35)32(28)47-27-9-8-20(37(41)42)14-22(27)38(43)44)29-30-23(15-33(2,3)17-25(30)39)36(10-11-45-6)24-16-34(4,5)18-26(40)31(24)29/h8-9,12-14,29H,7,10-11,15-18H2,1-6H3. The van der Waals surface area contributed by atoms with Crippen LogP contribution in [0.3, 0.4) is 0 Å². The van der Waals surface area contributed by atoms with Crippen LogP contribution in [0.15, 0.2) is 57.3 Å². The normalized spacial score (nSPS) is 19.0. The predicted molar refractivity (Wildman–Crippen MR) is 177 cm³/mol. The molecule has 0 saturated carbocycles. The first-order valence-corrected chi connectivity index (χ1v) is 16.2. The van der Waals surface area contributed by atoms with Crippen molar-refractivity contribution in [3.63, 3.8) is 0 Å². The van der Waals surface area contributed by atoms with E-state index in [-0.39, 0.29) is 46.3 Å². The summed E-state index contributed by atoms with van der Waals surface area (Å²) in [5.41, 5.74) is 1.99. The zero-order valence-corrected chi connectivity index (χ0v) is 28.9. The van der Waals surface area contributed by atoms with Gasteiger partial charge < -0.3 is 19.1 Å². The molecule has 5 rings (SSSR count). The molecule has 2 aromatic rings. The van der Waals surface area contributed by atoms with E-state index in [1.54, 1.807) is 26.2 Å². The average Bonchev–Trinajstić information content (AvgIpc) is 2.96. The number of methoxy groups -OCH3 is 1. The van der Waals surface area contributed by atoms with Gasteiger partial charge in [0, 0.05) is 61.0 Å². The molecular formula is C34H38BrN3O9. The van der Waals surface area contributed by atoms with Crippen LogP contribution in [-0.2, 0) is 14.3 Å². The molecule has 0 unspecified atom stereocenters. The van der Waals surface area contributed by atoms with Crippen molar-refractivity contribution in [2.24, 2.45) is 10.8 Å². The van der Waals surface area contributed by atoms with Crippen molar-refractivity contribution in [2.45, 2.75) is 66.2 Å². The van der Waals surface area contributed by atoms with Gasteiger partial charge in [-0.3, -0.25) is 29.8 Å². The quantitative estimate of drug-likeness (QED) is 0.176. The topological polar surface area (TPSA) is 151 Å². The number of carbonyl (C=O) groups is 2. The van der Waals surface area contributed by atoms with E-state index >= 15 is 0 Å². The number of Topliss-reactive ketones (excluding diaryl/α,β-unsaturated/α-hetero) is 2. The summed E-state index contributed by atoms with van der Waals surface area (Å²) in [5, 5.41) is 23.1. The van der Waals surface area contributed by atoms with Crippen LogP contribution in [0, 0.1) is 31.1 Å². The van der Waals surface area contributed by atoms with Crippen molar-refractivity contribution in [3.05, 3.63) is 83.1 Å². The number of benzene rings is 2. The van der Waals surface area contributed by atoms with Gasteiger partial charge in [0.15, 0.2) is 23.1 Å².